The van der Waals surface area contributed by atoms with Gasteiger partial charge in [0.05, 0.1) is 17.6 Å². The number of carbonyl (C=O) groups excluding carboxylic acids is 1. The van der Waals surface area contributed by atoms with Crippen LogP contribution >= 0.6 is 0 Å². The second-order valence-electron chi connectivity index (χ2n) is 8.89. The van der Waals surface area contributed by atoms with Crippen LogP contribution in [0.2, 0.25) is 0 Å². The van der Waals surface area contributed by atoms with Gasteiger partial charge >= 0.3 is 0 Å². The van der Waals surface area contributed by atoms with Gasteiger partial charge in [-0.25, -0.2) is 4.98 Å². The monoisotopic (exact) mass is 418 g/mol. The Morgan fingerprint density at radius 1 is 1.16 bits per heavy atom. The molecule has 1 aliphatic heterocycles. The van der Waals surface area contributed by atoms with Crippen LogP contribution in [0.3, 0.4) is 0 Å². The Morgan fingerprint density at radius 2 is 2.06 bits per heavy atom. The number of hydrogen-bond donors (Lipinski definition) is 2. The molecule has 3 aromatic heterocycles. The molecule has 1 saturated carbocycles. The van der Waals surface area contributed by atoms with Crippen LogP contribution in [0.5, 0.6) is 0 Å². The molecule has 7 heteroatoms. The molecule has 1 aliphatic carbocycles. The van der Waals surface area contributed by atoms with Crippen molar-refractivity contribution in [1.82, 2.24) is 25.1 Å². The quantitative estimate of drug-likeness (QED) is 0.599. The highest BCUT2D eigenvalue weighted by molar-refractivity contribution is 5.87. The molecular weight excluding hydrogens is 388 g/mol. The van der Waals surface area contributed by atoms with Crippen molar-refractivity contribution in [2.24, 2.45) is 5.92 Å². The molecule has 7 nitrogen and oxygen atoms in total. The summed E-state index contributed by atoms with van der Waals surface area (Å²) >= 11 is 0. The van der Waals surface area contributed by atoms with Crippen LogP contribution in [-0.4, -0.2) is 44.1 Å². The highest BCUT2D eigenvalue weighted by atomic mass is 16.2. The number of nitrogens with zero attached hydrogens (tertiary/aromatic N) is 4. The summed E-state index contributed by atoms with van der Waals surface area (Å²) in [5, 5.41) is 11.8. The summed E-state index contributed by atoms with van der Waals surface area (Å²) in [6, 6.07) is 10.0. The number of aromatic nitrogens is 4. The molecule has 2 N–H and O–H groups in total. The van der Waals surface area contributed by atoms with Gasteiger partial charge in [-0.05, 0) is 43.0 Å². The van der Waals surface area contributed by atoms with E-state index in [0.29, 0.717) is 24.8 Å². The maximum absolute atomic E-state index is 12.7. The van der Waals surface area contributed by atoms with Gasteiger partial charge in [-0.2, -0.15) is 5.10 Å². The van der Waals surface area contributed by atoms with E-state index >= 15 is 0 Å². The molecule has 0 bridgehead atoms. The van der Waals surface area contributed by atoms with Gasteiger partial charge in [-0.15, -0.1) is 0 Å². The molecule has 1 amide bonds. The summed E-state index contributed by atoms with van der Waals surface area (Å²) in [7, 11) is 0. The first-order valence-corrected chi connectivity index (χ1v) is 11.5. The minimum atomic E-state index is 0.299. The van der Waals surface area contributed by atoms with Crippen LogP contribution in [0.1, 0.15) is 62.3 Å². The molecule has 2 fully saturated rings. The number of likely N-dealkylation sites (tertiary alicyclic amines) is 1. The van der Waals surface area contributed by atoms with Crippen LogP contribution in [0.15, 0.2) is 36.5 Å². The second-order valence-corrected chi connectivity index (χ2v) is 8.89. The fourth-order valence-electron chi connectivity index (χ4n) is 4.97. The van der Waals surface area contributed by atoms with Gasteiger partial charge < -0.3 is 10.2 Å². The molecule has 1 atom stereocenters. The molecule has 1 unspecified atom stereocenters. The molecule has 5 rings (SSSR count). The molecule has 0 radical (unpaired) electrons. The number of pyridine rings is 2. The zero-order valence-electron chi connectivity index (χ0n) is 17.9. The van der Waals surface area contributed by atoms with Crippen LogP contribution in [-0.2, 0) is 11.3 Å². The van der Waals surface area contributed by atoms with Crippen molar-refractivity contribution >= 4 is 22.8 Å². The predicted molar refractivity (Wildman–Crippen MR) is 121 cm³/mol. The van der Waals surface area contributed by atoms with Gasteiger partial charge in [0.25, 0.3) is 0 Å². The number of carbonyl (C=O) groups is 1. The molecule has 0 spiro atoms. The summed E-state index contributed by atoms with van der Waals surface area (Å²) < 4.78 is 0. The molecule has 4 heterocycles. The predicted octanol–water partition coefficient (Wildman–Crippen LogP) is 4.25. The van der Waals surface area contributed by atoms with Crippen LogP contribution in [0.25, 0.3) is 11.0 Å². The summed E-state index contributed by atoms with van der Waals surface area (Å²) in [6.45, 7) is 2.23. The first-order chi connectivity index (χ1) is 15.3. The molecule has 3 aromatic rings. The Kier molecular flexibility index (Phi) is 5.82. The van der Waals surface area contributed by atoms with Crippen molar-refractivity contribution < 1.29 is 4.79 Å². The maximum Gasteiger partial charge on any atom is 0.222 e. The van der Waals surface area contributed by atoms with E-state index in [1.807, 2.05) is 23.1 Å². The molecule has 2 aliphatic rings. The standard InChI is InChI=1S/C24H30N6O/c31-22(11-8-17-5-1-2-6-17)30-14-12-18(16-30)21-10-9-20-23(28-29-24(20)27-21)26-15-19-7-3-4-13-25-19/h3-4,7,9-10,13,17-18H,1-2,5-6,8,11-12,14-16H2,(H2,26,27,28,29). The SMILES string of the molecule is O=C(CCC1CCCC1)N1CCC(c2ccc3c(NCc4ccccn4)n[nH]c3n2)C1. The third-order valence-corrected chi connectivity index (χ3v) is 6.81. The topological polar surface area (TPSA) is 86.8 Å². The molecular formula is C24H30N6O. The maximum atomic E-state index is 12.7. The number of hydrogen-bond acceptors (Lipinski definition) is 5. The summed E-state index contributed by atoms with van der Waals surface area (Å²) in [5.41, 5.74) is 2.79. The Hall–Kier alpha value is -2.96. The van der Waals surface area contributed by atoms with E-state index in [-0.39, 0.29) is 0 Å². The fraction of sp³-hybridized carbons (Fsp3) is 0.500. The lowest BCUT2D eigenvalue weighted by Crippen LogP contribution is -2.28. The Morgan fingerprint density at radius 3 is 2.90 bits per heavy atom. The third kappa shape index (κ3) is 4.55. The third-order valence-electron chi connectivity index (χ3n) is 6.81. The van der Waals surface area contributed by atoms with Crippen molar-refractivity contribution in [3.8, 4) is 0 Å². The van der Waals surface area contributed by atoms with Crippen molar-refractivity contribution in [3.05, 3.63) is 47.9 Å². The van der Waals surface area contributed by atoms with Crippen LogP contribution in [0, 0.1) is 5.92 Å². The van der Waals surface area contributed by atoms with Crippen molar-refractivity contribution in [1.29, 1.82) is 0 Å². The highest BCUT2D eigenvalue weighted by Gasteiger charge is 2.29. The lowest BCUT2D eigenvalue weighted by molar-refractivity contribution is -0.130. The number of H-pyrrole nitrogens is 1. The fourth-order valence-corrected chi connectivity index (χ4v) is 4.97. The number of nitrogens with one attached hydrogen (secondary N) is 2. The van der Waals surface area contributed by atoms with E-state index < -0.39 is 0 Å². The first kappa shape index (κ1) is 20.0. The second kappa shape index (κ2) is 9.04. The largest absolute Gasteiger partial charge is 0.362 e. The van der Waals surface area contributed by atoms with E-state index in [9.17, 15) is 4.79 Å². The summed E-state index contributed by atoms with van der Waals surface area (Å²) in [5.74, 6) is 2.17. The van der Waals surface area contributed by atoms with E-state index in [0.717, 1.165) is 60.1 Å². The number of anilines is 1. The van der Waals surface area contributed by atoms with Gasteiger partial charge in [0.1, 0.15) is 0 Å². The minimum Gasteiger partial charge on any atom is -0.362 e. The molecule has 31 heavy (non-hydrogen) atoms. The van der Waals surface area contributed by atoms with Gasteiger partial charge in [0, 0.05) is 37.3 Å². The van der Waals surface area contributed by atoms with Gasteiger partial charge in [-0.3, -0.25) is 14.9 Å². The number of aromatic amines is 1. The minimum absolute atomic E-state index is 0.299. The first-order valence-electron chi connectivity index (χ1n) is 11.5. The van der Waals surface area contributed by atoms with Gasteiger partial charge in [0.2, 0.25) is 5.91 Å². The number of fused-ring (bicyclic) bond motifs is 1. The molecule has 0 aromatic carbocycles. The van der Waals surface area contributed by atoms with E-state index in [4.69, 9.17) is 4.98 Å². The van der Waals surface area contributed by atoms with E-state index in [2.05, 4.69) is 32.6 Å². The lowest BCUT2D eigenvalue weighted by Gasteiger charge is -2.17. The number of amides is 1. The molecule has 1 saturated heterocycles. The Bertz CT molecular complexity index is 1030. The average Bonchev–Trinajstić information content (AvgIpc) is 3.57. The lowest BCUT2D eigenvalue weighted by atomic mass is 10.0. The van der Waals surface area contributed by atoms with E-state index in [1.165, 1.54) is 25.7 Å². The Labute approximate surface area is 182 Å². The zero-order chi connectivity index (χ0) is 21.0. The summed E-state index contributed by atoms with van der Waals surface area (Å²) in [4.78, 5) is 23.9. The Balaban J connectivity index is 1.19. The van der Waals surface area contributed by atoms with Crippen molar-refractivity contribution in [2.75, 3.05) is 18.4 Å². The smallest absolute Gasteiger partial charge is 0.222 e. The number of rotatable bonds is 7. The van der Waals surface area contributed by atoms with Crippen molar-refractivity contribution in [3.63, 3.8) is 0 Å². The molecule has 162 valence electrons. The average molecular weight is 419 g/mol. The van der Waals surface area contributed by atoms with Gasteiger partial charge in [0.15, 0.2) is 11.5 Å². The normalized spacial score (nSPS) is 19.4. The van der Waals surface area contributed by atoms with Crippen molar-refractivity contribution in [2.45, 2.75) is 57.4 Å². The van der Waals surface area contributed by atoms with Crippen LogP contribution < -0.4 is 5.32 Å². The van der Waals surface area contributed by atoms with Gasteiger partial charge in [-0.1, -0.05) is 31.7 Å². The highest BCUT2D eigenvalue weighted by Crippen LogP contribution is 2.31. The summed E-state index contributed by atoms with van der Waals surface area (Å²) in [6.07, 6.45) is 9.83. The van der Waals surface area contributed by atoms with Crippen LogP contribution in [0.4, 0.5) is 5.82 Å². The van der Waals surface area contributed by atoms with E-state index in [1.54, 1.807) is 6.20 Å². The zero-order valence-corrected chi connectivity index (χ0v) is 17.9.